The zero-order chi connectivity index (χ0) is 28.8. The third-order valence-corrected chi connectivity index (χ3v) is 7.16. The first-order chi connectivity index (χ1) is 18.9. The molecule has 0 aliphatic carbocycles. The van der Waals surface area contributed by atoms with Gasteiger partial charge in [-0.1, -0.05) is 12.1 Å². The molecule has 0 spiro atoms. The molecule has 40 heavy (non-hydrogen) atoms. The number of carbonyl (C=O) groups is 3. The van der Waals surface area contributed by atoms with Crippen molar-refractivity contribution in [2.45, 2.75) is 57.9 Å². The van der Waals surface area contributed by atoms with Crippen LogP contribution in [-0.2, 0) is 27.9 Å². The van der Waals surface area contributed by atoms with Gasteiger partial charge in [0.15, 0.2) is 0 Å². The van der Waals surface area contributed by atoms with Crippen LogP contribution >= 0.6 is 0 Å². The van der Waals surface area contributed by atoms with Crippen molar-refractivity contribution in [2.24, 2.45) is 7.05 Å². The van der Waals surface area contributed by atoms with Gasteiger partial charge in [0, 0.05) is 19.5 Å². The van der Waals surface area contributed by atoms with E-state index in [1.165, 1.54) is 14.0 Å². The number of methoxy groups -OCH3 is 1. The second-order valence-corrected chi connectivity index (χ2v) is 11.2. The molecule has 0 saturated carbocycles. The first-order valence-electron chi connectivity index (χ1n) is 13.3. The van der Waals surface area contributed by atoms with Crippen LogP contribution in [0.2, 0.25) is 0 Å². The summed E-state index contributed by atoms with van der Waals surface area (Å²) in [5.41, 5.74) is 1.07. The second kappa shape index (κ2) is 10.4. The van der Waals surface area contributed by atoms with Gasteiger partial charge in [-0.2, -0.15) is 0 Å². The number of amides is 3. The quantitative estimate of drug-likeness (QED) is 0.433. The normalized spacial score (nSPS) is 18.2. The summed E-state index contributed by atoms with van der Waals surface area (Å²) in [5, 5.41) is 0. The van der Waals surface area contributed by atoms with Gasteiger partial charge in [-0.05, 0) is 57.0 Å². The molecule has 2 aromatic carbocycles. The number of aromatic nitrogens is 2. The average Bonchev–Trinajstić information content (AvgIpc) is 3.12. The summed E-state index contributed by atoms with van der Waals surface area (Å²) in [7, 11) is 3.22. The minimum absolute atomic E-state index is 0.122. The van der Waals surface area contributed by atoms with Crippen LogP contribution in [0.3, 0.4) is 0 Å². The van der Waals surface area contributed by atoms with Crippen molar-refractivity contribution in [3.63, 3.8) is 0 Å². The molecule has 0 N–H and O–H groups in total. The third kappa shape index (κ3) is 5.28. The van der Waals surface area contributed by atoms with E-state index in [0.717, 1.165) is 5.56 Å². The molecule has 3 aromatic rings. The lowest BCUT2D eigenvalue weighted by molar-refractivity contribution is -0.151. The lowest BCUT2D eigenvalue weighted by atomic mass is 10.0. The number of imide groups is 1. The largest absolute Gasteiger partial charge is 0.497 e. The Kier molecular flexibility index (Phi) is 7.07. The SMILES string of the molecule is COc1ccc(CN2C(=O)CCC(n3c(=O)n(C)c4cc(OC5CN(C(=O)OC(C)(C)C)C5)ccc43)C2=O)cc1. The summed E-state index contributed by atoms with van der Waals surface area (Å²) in [4.78, 5) is 54.6. The van der Waals surface area contributed by atoms with Crippen molar-refractivity contribution in [1.82, 2.24) is 18.9 Å². The van der Waals surface area contributed by atoms with E-state index in [4.69, 9.17) is 14.2 Å². The molecule has 11 heteroatoms. The van der Waals surface area contributed by atoms with Gasteiger partial charge in [-0.25, -0.2) is 9.59 Å². The Balaban J connectivity index is 1.32. The van der Waals surface area contributed by atoms with Crippen molar-refractivity contribution in [3.05, 3.63) is 58.5 Å². The number of rotatable bonds is 6. The number of piperidine rings is 1. The van der Waals surface area contributed by atoms with Gasteiger partial charge in [0.1, 0.15) is 29.2 Å². The Morgan fingerprint density at radius 1 is 0.975 bits per heavy atom. The van der Waals surface area contributed by atoms with Crippen LogP contribution < -0.4 is 15.2 Å². The van der Waals surface area contributed by atoms with Crippen molar-refractivity contribution in [3.8, 4) is 11.5 Å². The fourth-order valence-corrected chi connectivity index (χ4v) is 5.04. The van der Waals surface area contributed by atoms with Gasteiger partial charge in [0.2, 0.25) is 5.91 Å². The van der Waals surface area contributed by atoms with Gasteiger partial charge in [-0.3, -0.25) is 23.6 Å². The minimum atomic E-state index is -0.798. The molecule has 0 bridgehead atoms. The molecule has 3 amide bonds. The highest BCUT2D eigenvalue weighted by molar-refractivity contribution is 6.00. The number of hydrogen-bond donors (Lipinski definition) is 0. The zero-order valence-electron chi connectivity index (χ0n) is 23.4. The molecule has 3 heterocycles. The first kappa shape index (κ1) is 27.3. The van der Waals surface area contributed by atoms with Crippen LogP contribution in [0.5, 0.6) is 11.5 Å². The molecule has 1 atom stereocenters. The lowest BCUT2D eigenvalue weighted by Crippen LogP contribution is -2.57. The molecule has 1 unspecified atom stereocenters. The number of benzene rings is 2. The van der Waals surface area contributed by atoms with E-state index in [-0.39, 0.29) is 43.2 Å². The maximum atomic E-state index is 13.5. The number of ether oxygens (including phenoxy) is 3. The molecule has 2 aliphatic rings. The predicted molar refractivity (Wildman–Crippen MR) is 146 cm³/mol. The first-order valence-corrected chi connectivity index (χ1v) is 13.3. The van der Waals surface area contributed by atoms with E-state index < -0.39 is 17.6 Å². The zero-order valence-corrected chi connectivity index (χ0v) is 23.4. The number of aryl methyl sites for hydroxylation is 1. The number of fused-ring (bicyclic) bond motifs is 1. The highest BCUT2D eigenvalue weighted by atomic mass is 16.6. The van der Waals surface area contributed by atoms with E-state index in [1.807, 2.05) is 32.9 Å². The summed E-state index contributed by atoms with van der Waals surface area (Å²) >= 11 is 0. The summed E-state index contributed by atoms with van der Waals surface area (Å²) in [6.07, 6.45) is -0.163. The summed E-state index contributed by atoms with van der Waals surface area (Å²) < 4.78 is 19.6. The van der Waals surface area contributed by atoms with E-state index >= 15 is 0 Å². The Morgan fingerprint density at radius 2 is 1.65 bits per heavy atom. The Bertz CT molecular complexity index is 1510. The smallest absolute Gasteiger partial charge is 0.410 e. The molecule has 0 radical (unpaired) electrons. The Labute approximate surface area is 231 Å². The Morgan fingerprint density at radius 3 is 2.30 bits per heavy atom. The number of hydrogen-bond acceptors (Lipinski definition) is 7. The van der Waals surface area contributed by atoms with Crippen LogP contribution in [0, 0.1) is 0 Å². The van der Waals surface area contributed by atoms with Gasteiger partial charge in [0.25, 0.3) is 5.91 Å². The van der Waals surface area contributed by atoms with Gasteiger partial charge < -0.3 is 19.1 Å². The van der Waals surface area contributed by atoms with E-state index in [1.54, 1.807) is 49.4 Å². The van der Waals surface area contributed by atoms with Crippen molar-refractivity contribution in [1.29, 1.82) is 0 Å². The molecule has 2 aliphatic heterocycles. The van der Waals surface area contributed by atoms with E-state index in [9.17, 15) is 19.2 Å². The molecule has 2 fully saturated rings. The average molecular weight is 551 g/mol. The van der Waals surface area contributed by atoms with Gasteiger partial charge in [0.05, 0.1) is 37.8 Å². The lowest BCUT2D eigenvalue weighted by Gasteiger charge is -2.39. The highest BCUT2D eigenvalue weighted by Crippen LogP contribution is 2.30. The molecule has 5 rings (SSSR count). The van der Waals surface area contributed by atoms with E-state index in [0.29, 0.717) is 35.6 Å². The summed E-state index contributed by atoms with van der Waals surface area (Å²) in [5.74, 6) is 0.572. The van der Waals surface area contributed by atoms with Crippen LogP contribution in [-0.4, -0.2) is 68.7 Å². The fraction of sp³-hybridized carbons (Fsp3) is 0.448. The van der Waals surface area contributed by atoms with Crippen LogP contribution in [0.15, 0.2) is 47.3 Å². The van der Waals surface area contributed by atoms with E-state index in [2.05, 4.69) is 0 Å². The molecular formula is C29H34N4O7. The van der Waals surface area contributed by atoms with Crippen LogP contribution in [0.25, 0.3) is 11.0 Å². The summed E-state index contributed by atoms with van der Waals surface area (Å²) in [6.45, 7) is 6.39. The molecular weight excluding hydrogens is 516 g/mol. The minimum Gasteiger partial charge on any atom is -0.497 e. The number of nitrogens with zero attached hydrogens (tertiary/aromatic N) is 4. The number of likely N-dealkylation sites (tertiary alicyclic amines) is 2. The van der Waals surface area contributed by atoms with Crippen molar-refractivity contribution in [2.75, 3.05) is 20.2 Å². The molecule has 1 aromatic heterocycles. The molecule has 2 saturated heterocycles. The van der Waals surface area contributed by atoms with Gasteiger partial charge >= 0.3 is 11.8 Å². The second-order valence-electron chi connectivity index (χ2n) is 11.2. The number of imidazole rings is 1. The fourth-order valence-electron chi connectivity index (χ4n) is 5.04. The maximum Gasteiger partial charge on any atom is 0.410 e. The maximum absolute atomic E-state index is 13.5. The van der Waals surface area contributed by atoms with Crippen molar-refractivity contribution < 1.29 is 28.6 Å². The van der Waals surface area contributed by atoms with Crippen molar-refractivity contribution >= 4 is 28.9 Å². The monoisotopic (exact) mass is 550 g/mol. The van der Waals surface area contributed by atoms with Crippen LogP contribution in [0.4, 0.5) is 4.79 Å². The topological polar surface area (TPSA) is 112 Å². The number of carbonyl (C=O) groups excluding carboxylic acids is 3. The predicted octanol–water partition coefficient (Wildman–Crippen LogP) is 3.24. The standard InChI is InChI=1S/C29H34N4O7/c1-29(2,3)40-28(37)31-16-21(17-31)39-20-10-11-22-24(14-20)30(4)27(36)33(22)23-12-13-25(34)32(26(23)35)15-18-6-8-19(38-5)9-7-18/h6-11,14,21,23H,12-13,15-17H2,1-5H3. The van der Waals surface area contributed by atoms with Crippen LogP contribution in [0.1, 0.15) is 45.2 Å². The molecule has 212 valence electrons. The Hall–Kier alpha value is -4.28. The molecule has 11 nitrogen and oxygen atoms in total. The summed E-state index contributed by atoms with van der Waals surface area (Å²) in [6, 6.07) is 11.6. The van der Waals surface area contributed by atoms with Gasteiger partial charge in [-0.15, -0.1) is 0 Å². The third-order valence-electron chi connectivity index (χ3n) is 7.16. The highest BCUT2D eigenvalue weighted by Gasteiger charge is 2.38.